The maximum absolute atomic E-state index is 13.3. The highest BCUT2D eigenvalue weighted by Crippen LogP contribution is 2.45. The quantitative estimate of drug-likeness (QED) is 0.566. The van der Waals surface area contributed by atoms with Gasteiger partial charge in [-0.2, -0.15) is 5.10 Å². The molecule has 1 fully saturated rings. The number of hydrogen-bond donors (Lipinski definition) is 0. The monoisotopic (exact) mass is 425 g/mol. The number of ether oxygens (including phenoxy) is 1. The second-order valence-corrected chi connectivity index (χ2v) is 9.13. The van der Waals surface area contributed by atoms with Crippen molar-refractivity contribution in [3.63, 3.8) is 0 Å². The van der Waals surface area contributed by atoms with E-state index >= 15 is 0 Å². The second kappa shape index (κ2) is 7.66. The molecule has 2 atom stereocenters. The Hall–Kier alpha value is -3.34. The molecule has 2 aromatic carbocycles. The summed E-state index contributed by atoms with van der Waals surface area (Å²) in [6.07, 6.45) is 8.02. The Kier molecular flexibility index (Phi) is 4.63. The smallest absolute Gasteiger partial charge is 0.410 e. The normalized spacial score (nSPS) is 21.7. The van der Waals surface area contributed by atoms with E-state index in [1.165, 1.54) is 27.8 Å². The number of amides is 1. The Balaban J connectivity index is 1.22. The van der Waals surface area contributed by atoms with Crippen LogP contribution in [0.1, 0.15) is 48.4 Å². The van der Waals surface area contributed by atoms with E-state index in [1.54, 1.807) is 0 Å². The molecule has 0 radical (unpaired) electrons. The molecule has 5 nitrogen and oxygen atoms in total. The van der Waals surface area contributed by atoms with E-state index in [4.69, 9.17) is 4.74 Å². The number of aryl methyl sites for hydroxylation is 1. The van der Waals surface area contributed by atoms with E-state index in [2.05, 4.69) is 65.8 Å². The van der Waals surface area contributed by atoms with Crippen molar-refractivity contribution >= 4 is 11.7 Å². The summed E-state index contributed by atoms with van der Waals surface area (Å²) in [6.45, 7) is 0.375. The maximum Gasteiger partial charge on any atom is 0.410 e. The lowest BCUT2D eigenvalue weighted by Crippen LogP contribution is -2.51. The molecule has 0 saturated carbocycles. The van der Waals surface area contributed by atoms with E-state index in [-0.39, 0.29) is 24.1 Å². The lowest BCUT2D eigenvalue weighted by molar-refractivity contribution is 0.0538. The Morgan fingerprint density at radius 2 is 1.75 bits per heavy atom. The number of benzene rings is 2. The van der Waals surface area contributed by atoms with E-state index in [0.717, 1.165) is 31.4 Å². The van der Waals surface area contributed by atoms with Gasteiger partial charge in [-0.05, 0) is 59.6 Å². The second-order valence-electron chi connectivity index (χ2n) is 9.13. The van der Waals surface area contributed by atoms with Gasteiger partial charge in [-0.25, -0.2) is 4.79 Å². The van der Waals surface area contributed by atoms with Gasteiger partial charge >= 0.3 is 6.09 Å². The van der Waals surface area contributed by atoms with Gasteiger partial charge in [0.1, 0.15) is 6.61 Å². The minimum absolute atomic E-state index is 0.0927. The summed E-state index contributed by atoms with van der Waals surface area (Å²) in [5, 5.41) is 4.58. The van der Waals surface area contributed by atoms with Gasteiger partial charge in [-0.15, -0.1) is 0 Å². The topological polar surface area (TPSA) is 47.4 Å². The molecular formula is C27H27N3O2. The standard InChI is InChI=1S/C27H27N3O2/c1-29-14-13-26(28-29)18-15-19-7-6-8-20(16-18)30(19)27(31)32-17-25-23-11-4-2-9-21(23)22-10-3-5-12-24(22)25/h2-5,9-15,19-20,25H,6-8,16-17H2,1H3. The van der Waals surface area contributed by atoms with Crippen LogP contribution in [0.25, 0.3) is 16.7 Å². The Morgan fingerprint density at radius 1 is 1.03 bits per heavy atom. The third kappa shape index (κ3) is 3.15. The molecule has 6 rings (SSSR count). The van der Waals surface area contributed by atoms with Gasteiger partial charge in [0.2, 0.25) is 0 Å². The number of rotatable bonds is 3. The molecular weight excluding hydrogens is 398 g/mol. The van der Waals surface area contributed by atoms with Gasteiger partial charge in [0.15, 0.2) is 0 Å². The molecule has 3 heterocycles. The van der Waals surface area contributed by atoms with E-state index < -0.39 is 0 Å². The van der Waals surface area contributed by atoms with Crippen LogP contribution in [0, 0.1) is 0 Å². The number of piperidine rings is 1. The number of carbonyl (C=O) groups excluding carboxylic acids is 1. The number of nitrogens with zero attached hydrogens (tertiary/aromatic N) is 3. The van der Waals surface area contributed by atoms with Crippen LogP contribution in [0.15, 0.2) is 66.9 Å². The zero-order valence-corrected chi connectivity index (χ0v) is 18.3. The Morgan fingerprint density at radius 3 is 2.41 bits per heavy atom. The first-order chi connectivity index (χ1) is 15.7. The largest absolute Gasteiger partial charge is 0.448 e. The van der Waals surface area contributed by atoms with Crippen molar-refractivity contribution in [1.29, 1.82) is 0 Å². The average Bonchev–Trinajstić information content (AvgIpc) is 3.38. The molecule has 2 aliphatic heterocycles. The van der Waals surface area contributed by atoms with Crippen molar-refractivity contribution < 1.29 is 9.53 Å². The van der Waals surface area contributed by atoms with E-state index in [0.29, 0.717) is 6.61 Å². The summed E-state index contributed by atoms with van der Waals surface area (Å²) in [5.41, 5.74) is 7.28. The molecule has 1 aromatic heterocycles. The highest BCUT2D eigenvalue weighted by molar-refractivity contribution is 5.79. The molecule has 3 aromatic rings. The lowest BCUT2D eigenvalue weighted by Gasteiger charge is -2.44. The van der Waals surface area contributed by atoms with Gasteiger partial charge in [0, 0.05) is 25.2 Å². The molecule has 1 aliphatic carbocycles. The zero-order valence-electron chi connectivity index (χ0n) is 18.3. The predicted octanol–water partition coefficient (Wildman–Crippen LogP) is 5.38. The minimum atomic E-state index is -0.183. The van der Waals surface area contributed by atoms with Crippen LogP contribution in [0.4, 0.5) is 4.79 Å². The van der Waals surface area contributed by atoms with Crippen molar-refractivity contribution in [3.8, 4) is 11.1 Å². The number of carbonyl (C=O) groups is 1. The summed E-state index contributed by atoms with van der Waals surface area (Å²) in [7, 11) is 1.94. The summed E-state index contributed by atoms with van der Waals surface area (Å²) in [5.74, 6) is 0.0932. The molecule has 32 heavy (non-hydrogen) atoms. The summed E-state index contributed by atoms with van der Waals surface area (Å²) in [4.78, 5) is 15.3. The van der Waals surface area contributed by atoms with Crippen LogP contribution in [0.2, 0.25) is 0 Å². The van der Waals surface area contributed by atoms with Gasteiger partial charge in [-0.1, -0.05) is 54.6 Å². The number of aromatic nitrogens is 2. The van der Waals surface area contributed by atoms with Crippen LogP contribution < -0.4 is 0 Å². The van der Waals surface area contributed by atoms with Crippen LogP contribution in [-0.4, -0.2) is 39.5 Å². The molecule has 2 bridgehead atoms. The van der Waals surface area contributed by atoms with Crippen LogP contribution in [0.5, 0.6) is 0 Å². The van der Waals surface area contributed by atoms with Crippen molar-refractivity contribution in [2.24, 2.45) is 7.05 Å². The van der Waals surface area contributed by atoms with Crippen molar-refractivity contribution in [2.45, 2.75) is 43.7 Å². The maximum atomic E-state index is 13.3. The molecule has 1 amide bonds. The lowest BCUT2D eigenvalue weighted by atomic mass is 9.84. The molecule has 162 valence electrons. The van der Waals surface area contributed by atoms with Gasteiger partial charge in [-0.3, -0.25) is 9.58 Å². The van der Waals surface area contributed by atoms with E-state index in [1.807, 2.05) is 22.8 Å². The highest BCUT2D eigenvalue weighted by atomic mass is 16.6. The first kappa shape index (κ1) is 19.4. The van der Waals surface area contributed by atoms with Gasteiger partial charge in [0.05, 0.1) is 11.7 Å². The molecule has 1 saturated heterocycles. The van der Waals surface area contributed by atoms with Crippen molar-refractivity contribution in [3.05, 3.63) is 83.7 Å². The molecule has 2 unspecified atom stereocenters. The third-order valence-corrected chi connectivity index (χ3v) is 7.23. The molecule has 0 spiro atoms. The number of hydrogen-bond acceptors (Lipinski definition) is 3. The fraction of sp³-hybridized carbons (Fsp3) is 0.333. The zero-order chi connectivity index (χ0) is 21.7. The minimum Gasteiger partial charge on any atom is -0.448 e. The van der Waals surface area contributed by atoms with Gasteiger partial charge in [0.25, 0.3) is 0 Å². The molecule has 5 heteroatoms. The Labute approximate surface area is 188 Å². The predicted molar refractivity (Wildman–Crippen MR) is 124 cm³/mol. The molecule has 0 N–H and O–H groups in total. The van der Waals surface area contributed by atoms with Crippen LogP contribution in [-0.2, 0) is 11.8 Å². The molecule has 3 aliphatic rings. The Bertz CT molecular complexity index is 1170. The highest BCUT2D eigenvalue weighted by Gasteiger charge is 2.39. The van der Waals surface area contributed by atoms with Crippen molar-refractivity contribution in [1.82, 2.24) is 14.7 Å². The fourth-order valence-electron chi connectivity index (χ4n) is 5.76. The van der Waals surface area contributed by atoms with Gasteiger partial charge < -0.3 is 4.74 Å². The number of fused-ring (bicyclic) bond motifs is 5. The fourth-order valence-corrected chi connectivity index (χ4v) is 5.76. The summed E-state index contributed by atoms with van der Waals surface area (Å²) in [6, 6.07) is 19.3. The van der Waals surface area contributed by atoms with Crippen molar-refractivity contribution in [2.75, 3.05) is 6.61 Å². The third-order valence-electron chi connectivity index (χ3n) is 7.23. The first-order valence-corrected chi connectivity index (χ1v) is 11.5. The first-order valence-electron chi connectivity index (χ1n) is 11.5. The van der Waals surface area contributed by atoms with Crippen LogP contribution in [0.3, 0.4) is 0 Å². The summed E-state index contributed by atoms with van der Waals surface area (Å²) < 4.78 is 7.84. The summed E-state index contributed by atoms with van der Waals surface area (Å²) >= 11 is 0. The van der Waals surface area contributed by atoms with E-state index in [9.17, 15) is 4.79 Å². The average molecular weight is 426 g/mol. The SMILES string of the molecule is Cn1ccc(C2=CC3CCCC(C2)N3C(=O)OCC2c3ccccc3-c3ccccc32)n1. The van der Waals surface area contributed by atoms with Crippen LogP contribution >= 0.6 is 0 Å².